The second-order valence-corrected chi connectivity index (χ2v) is 7.36. The van der Waals surface area contributed by atoms with E-state index in [0.29, 0.717) is 5.69 Å². The number of hydrogen-bond acceptors (Lipinski definition) is 6. The van der Waals surface area contributed by atoms with E-state index in [2.05, 4.69) is 0 Å². The minimum Gasteiger partial charge on any atom is -0.399 e. The van der Waals surface area contributed by atoms with Gasteiger partial charge in [-0.1, -0.05) is 36.4 Å². The third kappa shape index (κ3) is 7.10. The van der Waals surface area contributed by atoms with Crippen molar-refractivity contribution >= 4 is 15.5 Å². The smallest absolute Gasteiger partial charge is 0.180 e. The number of hydrogen-bond donors (Lipinski definition) is 4. The molecule has 0 unspecified atom stereocenters. The zero-order valence-electron chi connectivity index (χ0n) is 13.4. The van der Waals surface area contributed by atoms with E-state index in [1.54, 1.807) is 12.1 Å². The first-order valence-electron chi connectivity index (χ1n) is 7.48. The number of sulfone groups is 1. The Bertz CT molecular complexity index is 706. The summed E-state index contributed by atoms with van der Waals surface area (Å²) in [5.74, 6) is -0.267. The van der Waals surface area contributed by atoms with Gasteiger partial charge in [0.15, 0.2) is 9.84 Å². The highest BCUT2D eigenvalue weighted by Gasteiger charge is 2.12. The summed E-state index contributed by atoms with van der Waals surface area (Å²) in [6, 6.07) is 15.8. The monoisotopic (exact) mass is 352 g/mol. The van der Waals surface area contributed by atoms with Crippen molar-refractivity contribution in [1.29, 1.82) is 0 Å². The highest BCUT2D eigenvalue weighted by molar-refractivity contribution is 7.91. The molecule has 0 spiro atoms. The van der Waals surface area contributed by atoms with E-state index < -0.39 is 9.84 Å². The molecule has 0 heterocycles. The number of nitrogens with two attached hydrogens (primary N) is 2. The van der Waals surface area contributed by atoms with Crippen LogP contribution in [-0.4, -0.2) is 43.6 Å². The summed E-state index contributed by atoms with van der Waals surface area (Å²) in [7, 11) is -3.36. The van der Waals surface area contributed by atoms with Gasteiger partial charge in [0.05, 0.1) is 23.9 Å². The average Bonchev–Trinajstić information content (AvgIpc) is 2.56. The van der Waals surface area contributed by atoms with Gasteiger partial charge in [0.2, 0.25) is 0 Å². The molecule has 0 radical (unpaired) electrons. The van der Waals surface area contributed by atoms with Crippen LogP contribution >= 0.6 is 0 Å². The average molecular weight is 352 g/mol. The molecular weight excluding hydrogens is 328 g/mol. The first-order valence-corrected chi connectivity index (χ1v) is 9.13. The first-order chi connectivity index (χ1) is 11.4. The van der Waals surface area contributed by atoms with Gasteiger partial charge in [-0.15, -0.1) is 0 Å². The third-order valence-corrected chi connectivity index (χ3v) is 4.84. The molecule has 132 valence electrons. The molecular formula is C17H24N2O4S. The van der Waals surface area contributed by atoms with Gasteiger partial charge in [0.25, 0.3) is 0 Å². The van der Waals surface area contributed by atoms with Crippen LogP contribution in [0.3, 0.4) is 0 Å². The van der Waals surface area contributed by atoms with Crippen molar-refractivity contribution < 1.29 is 18.6 Å². The van der Waals surface area contributed by atoms with Crippen LogP contribution in [0.5, 0.6) is 0 Å². The fourth-order valence-electron chi connectivity index (χ4n) is 1.93. The van der Waals surface area contributed by atoms with Gasteiger partial charge in [-0.05, 0) is 30.2 Å². The molecule has 0 aliphatic rings. The molecule has 7 heteroatoms. The van der Waals surface area contributed by atoms with Crippen LogP contribution in [0, 0.1) is 0 Å². The summed E-state index contributed by atoms with van der Waals surface area (Å²) >= 11 is 0. The van der Waals surface area contributed by atoms with Crippen LogP contribution in [0.1, 0.15) is 5.56 Å². The van der Waals surface area contributed by atoms with E-state index in [4.69, 9.17) is 21.7 Å². The Morgan fingerprint density at radius 2 is 1.67 bits per heavy atom. The van der Waals surface area contributed by atoms with Gasteiger partial charge in [-0.25, -0.2) is 8.42 Å². The number of aliphatic hydroxyl groups is 2. The van der Waals surface area contributed by atoms with Crippen molar-refractivity contribution in [2.45, 2.75) is 17.4 Å². The second kappa shape index (κ2) is 10.0. The van der Waals surface area contributed by atoms with Crippen molar-refractivity contribution in [2.24, 2.45) is 5.73 Å². The summed E-state index contributed by atoms with van der Waals surface area (Å²) in [6.45, 7) is -0.327. The Labute approximate surface area is 142 Å². The topological polar surface area (TPSA) is 127 Å². The molecule has 2 aromatic carbocycles. The van der Waals surface area contributed by atoms with Gasteiger partial charge in [-0.2, -0.15) is 0 Å². The van der Waals surface area contributed by atoms with Gasteiger partial charge >= 0.3 is 0 Å². The van der Waals surface area contributed by atoms with Crippen molar-refractivity contribution in [3.05, 3.63) is 60.2 Å². The normalized spacial score (nSPS) is 12.1. The summed E-state index contributed by atoms with van der Waals surface area (Å²) in [4.78, 5) is 0.154. The van der Waals surface area contributed by atoms with E-state index >= 15 is 0 Å². The largest absolute Gasteiger partial charge is 0.399 e. The second-order valence-electron chi connectivity index (χ2n) is 5.25. The number of nitrogen functional groups attached to an aromatic ring is 1. The molecule has 0 aromatic heterocycles. The molecule has 24 heavy (non-hydrogen) atoms. The lowest BCUT2D eigenvalue weighted by Crippen LogP contribution is -2.26. The lowest BCUT2D eigenvalue weighted by atomic mass is 10.1. The predicted molar refractivity (Wildman–Crippen MR) is 95.2 cm³/mol. The number of anilines is 1. The number of benzene rings is 2. The van der Waals surface area contributed by atoms with Gasteiger partial charge in [0, 0.05) is 11.7 Å². The van der Waals surface area contributed by atoms with E-state index in [9.17, 15) is 8.42 Å². The van der Waals surface area contributed by atoms with Gasteiger partial charge < -0.3 is 21.7 Å². The van der Waals surface area contributed by atoms with E-state index in [0.717, 1.165) is 6.42 Å². The van der Waals surface area contributed by atoms with E-state index in [1.165, 1.54) is 17.7 Å². The molecule has 0 aliphatic carbocycles. The minimum atomic E-state index is -3.36. The minimum absolute atomic E-state index is 0.0505. The maximum Gasteiger partial charge on any atom is 0.180 e. The summed E-state index contributed by atoms with van der Waals surface area (Å²) in [6.07, 6.45) is 0.747. The Morgan fingerprint density at radius 1 is 1.00 bits per heavy atom. The molecule has 2 rings (SSSR count). The van der Waals surface area contributed by atoms with Gasteiger partial charge in [-0.3, -0.25) is 0 Å². The van der Waals surface area contributed by atoms with Crippen LogP contribution in [0.25, 0.3) is 0 Å². The highest BCUT2D eigenvalue weighted by atomic mass is 32.2. The highest BCUT2D eigenvalue weighted by Crippen LogP contribution is 2.13. The molecule has 0 aliphatic heterocycles. The fourth-order valence-corrected chi connectivity index (χ4v) is 3.01. The lowest BCUT2D eigenvalue weighted by Gasteiger charge is -2.06. The van der Waals surface area contributed by atoms with Crippen molar-refractivity contribution in [3.63, 3.8) is 0 Å². The Kier molecular flexibility index (Phi) is 8.42. The number of aliphatic hydroxyl groups excluding tert-OH is 2. The van der Waals surface area contributed by atoms with Gasteiger partial charge in [0.1, 0.15) is 0 Å². The Morgan fingerprint density at radius 3 is 2.21 bits per heavy atom. The maximum atomic E-state index is 11.4. The SMILES string of the molecule is N[C@H](CO)Cc1ccccc1.Nc1cccc(S(=O)(=O)CCO)c1. The van der Waals surface area contributed by atoms with Crippen molar-refractivity contribution in [2.75, 3.05) is 24.7 Å². The molecule has 0 amide bonds. The van der Waals surface area contributed by atoms with Crippen LogP contribution in [-0.2, 0) is 16.3 Å². The van der Waals surface area contributed by atoms with Crippen LogP contribution in [0.15, 0.2) is 59.5 Å². The number of rotatable bonds is 6. The summed E-state index contributed by atoms with van der Waals surface area (Å²) < 4.78 is 22.7. The molecule has 6 N–H and O–H groups in total. The zero-order chi connectivity index (χ0) is 18.0. The third-order valence-electron chi connectivity index (χ3n) is 3.15. The molecule has 0 saturated heterocycles. The zero-order valence-corrected chi connectivity index (χ0v) is 14.2. The molecule has 6 nitrogen and oxygen atoms in total. The summed E-state index contributed by atoms with van der Waals surface area (Å²) in [5.41, 5.74) is 12.6. The molecule has 1 atom stereocenters. The van der Waals surface area contributed by atoms with Crippen molar-refractivity contribution in [1.82, 2.24) is 0 Å². The molecule has 2 aromatic rings. The van der Waals surface area contributed by atoms with Crippen LogP contribution in [0.2, 0.25) is 0 Å². The first kappa shape index (κ1) is 20.1. The lowest BCUT2D eigenvalue weighted by molar-refractivity contribution is 0.265. The van der Waals surface area contributed by atoms with Crippen LogP contribution < -0.4 is 11.5 Å². The van der Waals surface area contributed by atoms with Crippen molar-refractivity contribution in [3.8, 4) is 0 Å². The Balaban J connectivity index is 0.000000243. The van der Waals surface area contributed by atoms with E-state index in [-0.39, 0.29) is 29.9 Å². The van der Waals surface area contributed by atoms with E-state index in [1.807, 2.05) is 30.3 Å². The summed E-state index contributed by atoms with van der Waals surface area (Å²) in [5, 5.41) is 17.2. The Hall–Kier alpha value is -1.93. The van der Waals surface area contributed by atoms with Crippen LogP contribution in [0.4, 0.5) is 5.69 Å². The molecule has 0 bridgehead atoms. The standard InChI is InChI=1S/C9H13NO.C8H11NO3S/c10-9(7-11)6-8-4-2-1-3-5-8;9-7-2-1-3-8(6-7)13(11,12)5-4-10/h1-5,9,11H,6-7,10H2;1-3,6,10H,4-5,9H2/t9-;/m0./s1. The fraction of sp³-hybridized carbons (Fsp3) is 0.294. The maximum absolute atomic E-state index is 11.4. The quantitative estimate of drug-likeness (QED) is 0.563. The predicted octanol–water partition coefficient (Wildman–Crippen LogP) is 0.583. The molecule has 0 saturated carbocycles. The molecule has 0 fully saturated rings.